The molecule has 0 aliphatic rings. The first-order valence-electron chi connectivity index (χ1n) is 7.35. The van der Waals surface area contributed by atoms with Crippen molar-refractivity contribution in [1.82, 2.24) is 19.9 Å². The first-order valence-corrected chi connectivity index (χ1v) is 7.35. The molecule has 0 atom stereocenters. The molecule has 0 bridgehead atoms. The Bertz CT molecular complexity index is 960. The van der Waals surface area contributed by atoms with E-state index < -0.39 is 16.7 Å². The van der Waals surface area contributed by atoms with Crippen molar-refractivity contribution >= 4 is 5.69 Å². The summed E-state index contributed by atoms with van der Waals surface area (Å²) < 4.78 is 44.2. The van der Waals surface area contributed by atoms with Crippen LogP contribution in [0.25, 0.3) is 11.4 Å². The fourth-order valence-corrected chi connectivity index (χ4v) is 2.48. The number of nitro groups is 1. The van der Waals surface area contributed by atoms with Gasteiger partial charge in [-0.15, -0.1) is 0 Å². The first-order chi connectivity index (χ1) is 12.2. The summed E-state index contributed by atoms with van der Waals surface area (Å²) in [4.78, 5) is 14.6. The van der Waals surface area contributed by atoms with Gasteiger partial charge in [0.25, 0.3) is 0 Å². The van der Waals surface area contributed by atoms with E-state index in [9.17, 15) is 23.3 Å². The Kier molecular flexibility index (Phi) is 4.22. The van der Waals surface area contributed by atoms with Crippen molar-refractivity contribution in [2.45, 2.75) is 26.6 Å². The highest BCUT2D eigenvalue weighted by Crippen LogP contribution is 2.30. The fraction of sp³-hybridized carbons (Fsp3) is 0.267. The highest BCUT2D eigenvalue weighted by atomic mass is 19.4. The molecule has 8 nitrogen and oxygen atoms in total. The molecule has 26 heavy (non-hydrogen) atoms. The second-order valence-corrected chi connectivity index (χ2v) is 5.52. The Hall–Kier alpha value is -3.24. The molecule has 11 heteroatoms. The maximum atomic E-state index is 12.6. The second kappa shape index (κ2) is 6.24. The number of benzene rings is 1. The zero-order valence-electron chi connectivity index (χ0n) is 13.6. The molecular formula is C15H12F3N5O3. The average molecular weight is 367 g/mol. The maximum Gasteiger partial charge on any atom is 0.416 e. The van der Waals surface area contributed by atoms with E-state index in [1.807, 2.05) is 0 Å². The maximum absolute atomic E-state index is 12.6. The van der Waals surface area contributed by atoms with E-state index in [1.165, 1.54) is 23.7 Å². The van der Waals surface area contributed by atoms with Crippen LogP contribution in [-0.2, 0) is 12.7 Å². The predicted octanol–water partition coefficient (Wildman–Crippen LogP) is 3.53. The van der Waals surface area contributed by atoms with Crippen LogP contribution >= 0.6 is 0 Å². The van der Waals surface area contributed by atoms with Gasteiger partial charge in [-0.3, -0.25) is 14.8 Å². The van der Waals surface area contributed by atoms with E-state index in [4.69, 9.17) is 4.52 Å². The summed E-state index contributed by atoms with van der Waals surface area (Å²) in [5.41, 5.74) is 0.0801. The number of nitrogens with zero attached hydrogens (tertiary/aromatic N) is 5. The lowest BCUT2D eigenvalue weighted by Gasteiger charge is -2.05. The third-order valence-corrected chi connectivity index (χ3v) is 3.75. The molecule has 0 spiro atoms. The van der Waals surface area contributed by atoms with Gasteiger partial charge in [0.15, 0.2) is 0 Å². The van der Waals surface area contributed by atoms with Gasteiger partial charge < -0.3 is 4.52 Å². The van der Waals surface area contributed by atoms with Crippen molar-refractivity contribution in [3.05, 3.63) is 57.2 Å². The zero-order chi connectivity index (χ0) is 19.1. The van der Waals surface area contributed by atoms with Gasteiger partial charge in [0.05, 0.1) is 10.5 Å². The monoisotopic (exact) mass is 367 g/mol. The van der Waals surface area contributed by atoms with Crippen molar-refractivity contribution in [3.8, 4) is 11.4 Å². The molecule has 136 valence electrons. The van der Waals surface area contributed by atoms with Gasteiger partial charge >= 0.3 is 11.9 Å². The lowest BCUT2D eigenvalue weighted by molar-refractivity contribution is -0.386. The first kappa shape index (κ1) is 17.6. The van der Waals surface area contributed by atoms with Crippen LogP contribution in [0.15, 0.2) is 28.8 Å². The Morgan fingerprint density at radius 2 is 1.88 bits per heavy atom. The van der Waals surface area contributed by atoms with Crippen LogP contribution in [-0.4, -0.2) is 24.8 Å². The minimum Gasteiger partial charge on any atom is -0.337 e. The standard InChI is InChI=1S/C15H12F3N5O3/c1-8-13(23(24)25)9(2)22(20-8)7-12-19-14(21-26-12)10-3-5-11(6-4-10)15(16,17)18/h3-6H,7H2,1-2H3. The van der Waals surface area contributed by atoms with Crippen molar-refractivity contribution < 1.29 is 22.6 Å². The van der Waals surface area contributed by atoms with Crippen LogP contribution in [0.4, 0.5) is 18.9 Å². The van der Waals surface area contributed by atoms with Gasteiger partial charge in [0.2, 0.25) is 11.7 Å². The van der Waals surface area contributed by atoms with Crippen molar-refractivity contribution in [2.75, 3.05) is 0 Å². The molecule has 2 heterocycles. The van der Waals surface area contributed by atoms with Crippen LogP contribution in [0, 0.1) is 24.0 Å². The number of aryl methyl sites for hydroxylation is 1. The minimum absolute atomic E-state index is 0.00808. The van der Waals surface area contributed by atoms with E-state index in [0.29, 0.717) is 11.3 Å². The van der Waals surface area contributed by atoms with Gasteiger partial charge in [-0.25, -0.2) is 0 Å². The fourth-order valence-electron chi connectivity index (χ4n) is 2.48. The van der Waals surface area contributed by atoms with E-state index in [0.717, 1.165) is 12.1 Å². The number of halogens is 3. The summed E-state index contributed by atoms with van der Waals surface area (Å²) in [6.45, 7) is 3.07. The van der Waals surface area contributed by atoms with E-state index >= 15 is 0 Å². The Morgan fingerprint density at radius 1 is 1.23 bits per heavy atom. The molecule has 2 aromatic heterocycles. The van der Waals surface area contributed by atoms with Gasteiger partial charge in [0, 0.05) is 5.56 Å². The molecule has 0 saturated carbocycles. The molecule has 0 fully saturated rings. The van der Waals surface area contributed by atoms with Crippen LogP contribution < -0.4 is 0 Å². The van der Waals surface area contributed by atoms with Gasteiger partial charge in [0.1, 0.15) is 17.9 Å². The van der Waals surface area contributed by atoms with Crippen molar-refractivity contribution in [3.63, 3.8) is 0 Å². The highest BCUT2D eigenvalue weighted by molar-refractivity contribution is 5.54. The molecule has 0 unspecified atom stereocenters. The van der Waals surface area contributed by atoms with Crippen LogP contribution in [0.5, 0.6) is 0 Å². The molecule has 0 amide bonds. The SMILES string of the molecule is Cc1nn(Cc2nc(-c3ccc(C(F)(F)F)cc3)no2)c(C)c1[N+](=O)[O-]. The van der Waals surface area contributed by atoms with Crippen LogP contribution in [0.1, 0.15) is 22.8 Å². The summed E-state index contributed by atoms with van der Waals surface area (Å²) in [5.74, 6) is 0.241. The molecule has 0 saturated heterocycles. The molecule has 0 radical (unpaired) electrons. The third-order valence-electron chi connectivity index (χ3n) is 3.75. The van der Waals surface area contributed by atoms with Crippen molar-refractivity contribution in [2.24, 2.45) is 0 Å². The van der Waals surface area contributed by atoms with E-state index in [2.05, 4.69) is 15.2 Å². The second-order valence-electron chi connectivity index (χ2n) is 5.52. The number of rotatable bonds is 4. The summed E-state index contributed by atoms with van der Waals surface area (Å²) in [6.07, 6.45) is -4.43. The summed E-state index contributed by atoms with van der Waals surface area (Å²) in [5, 5.41) is 18.8. The topological polar surface area (TPSA) is 99.9 Å². The summed E-state index contributed by atoms with van der Waals surface area (Å²) in [7, 11) is 0. The minimum atomic E-state index is -4.43. The number of hydrogen-bond donors (Lipinski definition) is 0. The van der Waals surface area contributed by atoms with E-state index in [-0.39, 0.29) is 29.6 Å². The lowest BCUT2D eigenvalue weighted by Crippen LogP contribution is -2.05. The third kappa shape index (κ3) is 3.27. The molecule has 1 aromatic carbocycles. The smallest absolute Gasteiger partial charge is 0.337 e. The lowest BCUT2D eigenvalue weighted by atomic mass is 10.1. The highest BCUT2D eigenvalue weighted by Gasteiger charge is 2.30. The number of aromatic nitrogens is 4. The predicted molar refractivity (Wildman–Crippen MR) is 82.2 cm³/mol. The molecule has 0 aliphatic carbocycles. The molecule has 3 aromatic rings. The normalized spacial score (nSPS) is 11.7. The number of hydrogen-bond acceptors (Lipinski definition) is 6. The zero-order valence-corrected chi connectivity index (χ0v) is 13.6. The molecule has 3 rings (SSSR count). The number of alkyl halides is 3. The summed E-state index contributed by atoms with van der Waals surface area (Å²) >= 11 is 0. The molecule has 0 aliphatic heterocycles. The van der Waals surface area contributed by atoms with Crippen LogP contribution in [0.3, 0.4) is 0 Å². The van der Waals surface area contributed by atoms with Gasteiger partial charge in [-0.2, -0.15) is 23.3 Å². The van der Waals surface area contributed by atoms with E-state index in [1.54, 1.807) is 6.92 Å². The van der Waals surface area contributed by atoms with Gasteiger partial charge in [-0.05, 0) is 26.0 Å². The van der Waals surface area contributed by atoms with Gasteiger partial charge in [-0.1, -0.05) is 17.3 Å². The molecular weight excluding hydrogens is 355 g/mol. The average Bonchev–Trinajstić information content (AvgIpc) is 3.12. The Balaban J connectivity index is 1.83. The Morgan fingerprint density at radius 3 is 2.42 bits per heavy atom. The largest absolute Gasteiger partial charge is 0.416 e. The quantitative estimate of drug-likeness (QED) is 0.517. The summed E-state index contributed by atoms with van der Waals surface area (Å²) in [6, 6.07) is 4.34. The van der Waals surface area contributed by atoms with Crippen molar-refractivity contribution in [1.29, 1.82) is 0 Å². The Labute approximate surface area is 144 Å². The van der Waals surface area contributed by atoms with Crippen LogP contribution in [0.2, 0.25) is 0 Å². The molecule has 0 N–H and O–H groups in total.